The Morgan fingerprint density at radius 1 is 1.41 bits per heavy atom. The minimum Gasteiger partial charge on any atom is -0.476 e. The molecule has 90 valence electrons. The van der Waals surface area contributed by atoms with Gasteiger partial charge in [0.2, 0.25) is 0 Å². The Labute approximate surface area is 98.0 Å². The van der Waals surface area contributed by atoms with Crippen LogP contribution in [0.15, 0.2) is 48.4 Å². The number of carboxylic acid groups (broad SMARTS) is 1. The van der Waals surface area contributed by atoms with Crippen LogP contribution in [0.1, 0.15) is 5.56 Å². The summed E-state index contributed by atoms with van der Waals surface area (Å²) < 4.78 is 12.0. The molecule has 0 fully saturated rings. The van der Waals surface area contributed by atoms with Crippen LogP contribution in [0, 0.1) is 0 Å². The van der Waals surface area contributed by atoms with Gasteiger partial charge in [0, 0.05) is 0 Å². The van der Waals surface area contributed by atoms with Crippen LogP contribution in [0.3, 0.4) is 0 Å². The molecular formula is C12H12FNO3. The minimum atomic E-state index is -1.42. The molecule has 0 saturated carbocycles. The Morgan fingerprint density at radius 2 is 2.12 bits per heavy atom. The lowest BCUT2D eigenvalue weighted by atomic mass is 10.2. The average Bonchev–Trinajstić information content (AvgIpc) is 2.34. The van der Waals surface area contributed by atoms with Crippen molar-refractivity contribution in [3.63, 3.8) is 0 Å². The van der Waals surface area contributed by atoms with Gasteiger partial charge in [0.25, 0.3) is 0 Å². The smallest absolute Gasteiger partial charge is 0.356 e. The molecule has 4 nitrogen and oxygen atoms in total. The molecule has 0 spiro atoms. The van der Waals surface area contributed by atoms with Crippen molar-refractivity contribution in [2.24, 2.45) is 0 Å². The van der Waals surface area contributed by atoms with Crippen LogP contribution in [0.5, 0.6) is 0 Å². The van der Waals surface area contributed by atoms with E-state index in [0.29, 0.717) is 0 Å². The summed E-state index contributed by atoms with van der Waals surface area (Å²) in [5.41, 5.74) is 2.35. The first kappa shape index (κ1) is 12.9. The SMILES string of the molecule is O=C(O)C(=CF)NOCC=Cc1ccccc1. The first-order valence-corrected chi connectivity index (χ1v) is 4.87. The summed E-state index contributed by atoms with van der Waals surface area (Å²) >= 11 is 0. The van der Waals surface area contributed by atoms with Crippen LogP contribution in [0.2, 0.25) is 0 Å². The van der Waals surface area contributed by atoms with E-state index in [1.807, 2.05) is 35.8 Å². The second-order valence-electron chi connectivity index (χ2n) is 3.05. The molecule has 5 heteroatoms. The third-order valence-electron chi connectivity index (χ3n) is 1.81. The van der Waals surface area contributed by atoms with Crippen molar-refractivity contribution in [2.45, 2.75) is 0 Å². The number of hydrogen-bond acceptors (Lipinski definition) is 3. The fraction of sp³-hybridized carbons (Fsp3) is 0.0833. The van der Waals surface area contributed by atoms with E-state index < -0.39 is 11.7 Å². The molecular weight excluding hydrogens is 225 g/mol. The van der Waals surface area contributed by atoms with E-state index >= 15 is 0 Å². The van der Waals surface area contributed by atoms with E-state index in [1.165, 1.54) is 0 Å². The fourth-order valence-electron chi connectivity index (χ4n) is 1.03. The van der Waals surface area contributed by atoms with Gasteiger partial charge in [-0.3, -0.25) is 10.3 Å². The van der Waals surface area contributed by atoms with Gasteiger partial charge < -0.3 is 5.11 Å². The number of halogens is 1. The second-order valence-corrected chi connectivity index (χ2v) is 3.05. The quantitative estimate of drug-likeness (QED) is 0.452. The van der Waals surface area contributed by atoms with Gasteiger partial charge in [-0.15, -0.1) is 0 Å². The van der Waals surface area contributed by atoms with Gasteiger partial charge in [0.05, 0.1) is 6.61 Å². The first-order chi connectivity index (χ1) is 8.24. The highest BCUT2D eigenvalue weighted by Crippen LogP contribution is 2.00. The molecule has 0 unspecified atom stereocenters. The van der Waals surface area contributed by atoms with E-state index in [-0.39, 0.29) is 12.9 Å². The van der Waals surface area contributed by atoms with Crippen molar-refractivity contribution in [1.29, 1.82) is 0 Å². The van der Waals surface area contributed by atoms with Crippen LogP contribution in [-0.4, -0.2) is 17.7 Å². The summed E-state index contributed by atoms with van der Waals surface area (Å²) in [5, 5.41) is 8.44. The van der Waals surface area contributed by atoms with Gasteiger partial charge in [-0.2, -0.15) is 0 Å². The van der Waals surface area contributed by atoms with E-state index in [9.17, 15) is 9.18 Å². The Hall–Kier alpha value is -2.14. The van der Waals surface area contributed by atoms with Crippen LogP contribution >= 0.6 is 0 Å². The molecule has 0 bridgehead atoms. The number of hydroxylamine groups is 1. The van der Waals surface area contributed by atoms with E-state index in [0.717, 1.165) is 5.56 Å². The van der Waals surface area contributed by atoms with Crippen molar-refractivity contribution in [2.75, 3.05) is 6.61 Å². The van der Waals surface area contributed by atoms with E-state index in [4.69, 9.17) is 9.94 Å². The Kier molecular flexibility index (Phi) is 5.46. The minimum absolute atomic E-state index is 0.0662. The van der Waals surface area contributed by atoms with Crippen molar-refractivity contribution < 1.29 is 19.1 Å². The molecule has 1 aromatic rings. The zero-order valence-electron chi connectivity index (χ0n) is 8.97. The summed E-state index contributed by atoms with van der Waals surface area (Å²) in [5.74, 6) is -1.42. The lowest BCUT2D eigenvalue weighted by molar-refractivity contribution is -0.134. The summed E-state index contributed by atoms with van der Waals surface area (Å²) in [6.45, 7) is 0.125. The maximum atomic E-state index is 12.0. The fourth-order valence-corrected chi connectivity index (χ4v) is 1.03. The predicted molar refractivity (Wildman–Crippen MR) is 61.4 cm³/mol. The summed E-state index contributed by atoms with van der Waals surface area (Å²) in [4.78, 5) is 15.1. The molecule has 0 amide bonds. The number of carbonyl (C=O) groups is 1. The second kappa shape index (κ2) is 7.19. The lowest BCUT2D eigenvalue weighted by Crippen LogP contribution is -2.20. The van der Waals surface area contributed by atoms with Crippen LogP contribution < -0.4 is 5.48 Å². The van der Waals surface area contributed by atoms with Gasteiger partial charge in [-0.25, -0.2) is 9.18 Å². The summed E-state index contributed by atoms with van der Waals surface area (Å²) in [7, 11) is 0. The molecule has 17 heavy (non-hydrogen) atoms. The van der Waals surface area contributed by atoms with Crippen molar-refractivity contribution in [1.82, 2.24) is 5.48 Å². The molecule has 0 saturated heterocycles. The van der Waals surface area contributed by atoms with Crippen LogP contribution in [-0.2, 0) is 9.63 Å². The number of nitrogens with one attached hydrogen (secondary N) is 1. The van der Waals surface area contributed by atoms with Crippen molar-refractivity contribution in [3.05, 3.63) is 54.0 Å². The monoisotopic (exact) mass is 237 g/mol. The zero-order valence-corrected chi connectivity index (χ0v) is 8.97. The molecule has 0 heterocycles. The first-order valence-electron chi connectivity index (χ1n) is 4.87. The standard InChI is InChI=1S/C12H12FNO3/c13-9-11(12(15)16)14-17-8-4-7-10-5-2-1-3-6-10/h1-7,9,14H,8H2,(H,15,16). The van der Waals surface area contributed by atoms with Crippen LogP contribution in [0.25, 0.3) is 6.08 Å². The summed E-state index contributed by atoms with van der Waals surface area (Å²) in [6.07, 6.45) is 3.42. The van der Waals surface area contributed by atoms with Gasteiger partial charge in [-0.1, -0.05) is 42.5 Å². The van der Waals surface area contributed by atoms with Gasteiger partial charge in [-0.05, 0) is 5.56 Å². The maximum Gasteiger partial charge on any atom is 0.356 e. The van der Waals surface area contributed by atoms with Crippen LogP contribution in [0.4, 0.5) is 4.39 Å². The Morgan fingerprint density at radius 3 is 2.71 bits per heavy atom. The summed E-state index contributed by atoms with van der Waals surface area (Å²) in [6, 6.07) is 9.52. The average molecular weight is 237 g/mol. The zero-order chi connectivity index (χ0) is 12.5. The van der Waals surface area contributed by atoms with Gasteiger partial charge in [0.15, 0.2) is 5.70 Å². The topological polar surface area (TPSA) is 58.6 Å². The number of hydrogen-bond donors (Lipinski definition) is 2. The predicted octanol–water partition coefficient (Wildman–Crippen LogP) is 2.12. The largest absolute Gasteiger partial charge is 0.476 e. The molecule has 0 aliphatic heterocycles. The lowest BCUT2D eigenvalue weighted by Gasteiger charge is -2.03. The Bertz CT molecular complexity index is 415. The highest BCUT2D eigenvalue weighted by molar-refractivity contribution is 5.85. The Balaban J connectivity index is 2.29. The highest BCUT2D eigenvalue weighted by atomic mass is 19.1. The molecule has 1 aromatic carbocycles. The number of rotatable bonds is 6. The van der Waals surface area contributed by atoms with E-state index in [1.54, 1.807) is 12.2 Å². The molecule has 0 aromatic heterocycles. The molecule has 0 radical (unpaired) electrons. The molecule has 1 rings (SSSR count). The third-order valence-corrected chi connectivity index (χ3v) is 1.81. The van der Waals surface area contributed by atoms with Gasteiger partial charge >= 0.3 is 5.97 Å². The maximum absolute atomic E-state index is 12.0. The van der Waals surface area contributed by atoms with Crippen molar-refractivity contribution >= 4 is 12.0 Å². The van der Waals surface area contributed by atoms with E-state index in [2.05, 4.69) is 0 Å². The molecule has 0 aliphatic carbocycles. The number of carboxylic acids is 1. The highest BCUT2D eigenvalue weighted by Gasteiger charge is 2.05. The molecule has 2 N–H and O–H groups in total. The normalized spacial score (nSPS) is 11.7. The third kappa shape index (κ3) is 4.94. The van der Waals surface area contributed by atoms with Crippen molar-refractivity contribution in [3.8, 4) is 0 Å². The number of aliphatic carboxylic acids is 1. The molecule has 0 atom stereocenters. The van der Waals surface area contributed by atoms with Gasteiger partial charge in [0.1, 0.15) is 6.33 Å². The molecule has 0 aliphatic rings. The number of benzene rings is 1.